The third-order valence-corrected chi connectivity index (χ3v) is 3.41. The first-order valence-corrected chi connectivity index (χ1v) is 7.09. The van der Waals surface area contributed by atoms with Crippen molar-refractivity contribution in [3.8, 4) is 0 Å². The minimum Gasteiger partial charge on any atom is -0.271 e. The van der Waals surface area contributed by atoms with E-state index in [2.05, 4.69) is 39.6 Å². The van der Waals surface area contributed by atoms with E-state index in [1.807, 2.05) is 10.9 Å². The molecule has 15 heavy (non-hydrogen) atoms. The number of aryl methyl sites for hydroxylation is 1. The van der Waals surface area contributed by atoms with E-state index in [1.54, 1.807) is 11.8 Å². The molecule has 0 amide bonds. The summed E-state index contributed by atoms with van der Waals surface area (Å²) < 4.78 is 3.03. The van der Waals surface area contributed by atoms with Crippen LogP contribution in [0.5, 0.6) is 0 Å². The zero-order valence-corrected chi connectivity index (χ0v) is 11.4. The van der Waals surface area contributed by atoms with Crippen LogP contribution in [0, 0.1) is 0 Å². The Morgan fingerprint density at radius 3 is 3.00 bits per heavy atom. The van der Waals surface area contributed by atoms with Crippen molar-refractivity contribution >= 4 is 27.7 Å². The molecule has 3 N–H and O–H groups in total. The number of nitrogens with two attached hydrogens (primary N) is 1. The lowest BCUT2D eigenvalue weighted by Crippen LogP contribution is -2.31. The molecule has 1 rings (SSSR count). The molecular weight excluding hydrogens is 276 g/mol. The second-order valence-electron chi connectivity index (χ2n) is 3.28. The van der Waals surface area contributed by atoms with E-state index in [1.165, 1.54) is 0 Å². The minimum atomic E-state index is 0.142. The maximum absolute atomic E-state index is 5.56. The lowest BCUT2D eigenvalue weighted by molar-refractivity contribution is 0.507. The second-order valence-corrected chi connectivity index (χ2v) is 5.04. The lowest BCUT2D eigenvalue weighted by atomic mass is 10.2. The van der Waals surface area contributed by atoms with Gasteiger partial charge in [0.2, 0.25) is 0 Å². The van der Waals surface area contributed by atoms with Crippen molar-refractivity contribution in [2.75, 3.05) is 12.0 Å². The Labute approximate surface area is 103 Å². The fourth-order valence-electron chi connectivity index (χ4n) is 1.48. The van der Waals surface area contributed by atoms with E-state index in [-0.39, 0.29) is 6.04 Å². The van der Waals surface area contributed by atoms with Gasteiger partial charge in [0.05, 0.1) is 22.4 Å². The van der Waals surface area contributed by atoms with Crippen LogP contribution in [0.15, 0.2) is 10.7 Å². The van der Waals surface area contributed by atoms with Gasteiger partial charge in [0.1, 0.15) is 0 Å². The molecule has 6 heteroatoms. The van der Waals surface area contributed by atoms with Gasteiger partial charge in [-0.15, -0.1) is 0 Å². The highest BCUT2D eigenvalue weighted by Crippen LogP contribution is 2.25. The molecule has 86 valence electrons. The summed E-state index contributed by atoms with van der Waals surface area (Å²) in [6, 6.07) is 0.142. The summed E-state index contributed by atoms with van der Waals surface area (Å²) in [4.78, 5) is 0. The molecule has 0 bridgehead atoms. The van der Waals surface area contributed by atoms with E-state index in [9.17, 15) is 0 Å². The smallest absolute Gasteiger partial charge is 0.0730 e. The molecule has 1 unspecified atom stereocenters. The molecule has 0 saturated carbocycles. The number of rotatable bonds is 6. The molecule has 4 nitrogen and oxygen atoms in total. The number of nitrogens with zero attached hydrogens (tertiary/aromatic N) is 2. The van der Waals surface area contributed by atoms with Crippen molar-refractivity contribution < 1.29 is 0 Å². The number of halogens is 1. The molecule has 0 spiro atoms. The number of hydrogen-bond acceptors (Lipinski definition) is 4. The van der Waals surface area contributed by atoms with E-state index in [0.717, 1.165) is 28.9 Å². The number of nitrogens with one attached hydrogen (secondary N) is 1. The first-order valence-electron chi connectivity index (χ1n) is 4.90. The van der Waals surface area contributed by atoms with Crippen LogP contribution in [-0.4, -0.2) is 21.8 Å². The Morgan fingerprint density at radius 2 is 2.47 bits per heavy atom. The molecule has 0 fully saturated rings. The highest BCUT2D eigenvalue weighted by atomic mass is 79.9. The Morgan fingerprint density at radius 1 is 1.73 bits per heavy atom. The van der Waals surface area contributed by atoms with Gasteiger partial charge in [-0.05, 0) is 28.6 Å². The molecule has 0 saturated heterocycles. The number of thioether (sulfide) groups is 1. The highest BCUT2D eigenvalue weighted by molar-refractivity contribution is 9.10. The second kappa shape index (κ2) is 6.52. The zero-order chi connectivity index (χ0) is 11.3. The average molecular weight is 293 g/mol. The van der Waals surface area contributed by atoms with Gasteiger partial charge in [-0.2, -0.15) is 16.9 Å². The van der Waals surface area contributed by atoms with Gasteiger partial charge in [0.15, 0.2) is 0 Å². The Bertz CT molecular complexity index is 302. The largest absolute Gasteiger partial charge is 0.271 e. The fraction of sp³-hybridized carbons (Fsp3) is 0.667. The topological polar surface area (TPSA) is 55.9 Å². The SMILES string of the molecule is CCCn1ncc(Br)c1C(CSC)NN. The summed E-state index contributed by atoms with van der Waals surface area (Å²) in [5.74, 6) is 6.49. The van der Waals surface area contributed by atoms with Gasteiger partial charge in [-0.3, -0.25) is 16.0 Å². The zero-order valence-electron chi connectivity index (χ0n) is 9.03. The molecule has 0 aliphatic carbocycles. The Hall–Kier alpha value is -0.0400. The normalized spacial score (nSPS) is 13.1. The van der Waals surface area contributed by atoms with E-state index >= 15 is 0 Å². The van der Waals surface area contributed by atoms with Crippen molar-refractivity contribution in [2.24, 2.45) is 5.84 Å². The molecule has 1 atom stereocenters. The van der Waals surface area contributed by atoms with Crippen LogP contribution in [0.2, 0.25) is 0 Å². The summed E-state index contributed by atoms with van der Waals surface area (Å²) in [5.41, 5.74) is 3.97. The van der Waals surface area contributed by atoms with Crippen molar-refractivity contribution in [2.45, 2.75) is 25.9 Å². The molecule has 0 aromatic carbocycles. The van der Waals surface area contributed by atoms with Gasteiger partial charge in [0.25, 0.3) is 0 Å². The van der Waals surface area contributed by atoms with Crippen LogP contribution in [0.1, 0.15) is 25.1 Å². The van der Waals surface area contributed by atoms with Crippen molar-refractivity contribution in [3.63, 3.8) is 0 Å². The Kier molecular flexibility index (Phi) is 5.66. The van der Waals surface area contributed by atoms with Crippen molar-refractivity contribution in [3.05, 3.63) is 16.4 Å². The molecule has 0 radical (unpaired) electrons. The van der Waals surface area contributed by atoms with Crippen molar-refractivity contribution in [1.29, 1.82) is 0 Å². The third kappa shape index (κ3) is 3.21. The first-order chi connectivity index (χ1) is 7.24. The van der Waals surface area contributed by atoms with Crippen LogP contribution in [0.3, 0.4) is 0 Å². The summed E-state index contributed by atoms with van der Waals surface area (Å²) in [7, 11) is 0. The maximum atomic E-state index is 5.56. The highest BCUT2D eigenvalue weighted by Gasteiger charge is 2.17. The van der Waals surface area contributed by atoms with Gasteiger partial charge in [-0.1, -0.05) is 6.92 Å². The summed E-state index contributed by atoms with van der Waals surface area (Å²) >= 11 is 5.27. The third-order valence-electron chi connectivity index (χ3n) is 2.13. The number of hydrogen-bond donors (Lipinski definition) is 2. The summed E-state index contributed by atoms with van der Waals surface area (Å²) in [5, 5.41) is 4.32. The molecule has 1 aromatic rings. The van der Waals surface area contributed by atoms with E-state index in [4.69, 9.17) is 5.84 Å². The summed E-state index contributed by atoms with van der Waals surface area (Å²) in [6.07, 6.45) is 4.96. The van der Waals surface area contributed by atoms with Gasteiger partial charge in [-0.25, -0.2) is 0 Å². The van der Waals surface area contributed by atoms with Crippen molar-refractivity contribution in [1.82, 2.24) is 15.2 Å². The average Bonchev–Trinajstić information content (AvgIpc) is 2.58. The van der Waals surface area contributed by atoms with E-state index in [0.29, 0.717) is 0 Å². The number of aromatic nitrogens is 2. The van der Waals surface area contributed by atoms with E-state index < -0.39 is 0 Å². The van der Waals surface area contributed by atoms with Crippen LogP contribution in [0.25, 0.3) is 0 Å². The van der Waals surface area contributed by atoms with Gasteiger partial charge < -0.3 is 0 Å². The lowest BCUT2D eigenvalue weighted by Gasteiger charge is -2.17. The number of hydrazine groups is 1. The standard InChI is InChI=1S/C9H17BrN4S/c1-3-4-14-9(7(10)5-12-14)8(13-11)6-15-2/h5,8,13H,3-4,6,11H2,1-2H3. The van der Waals surface area contributed by atoms with Crippen LogP contribution < -0.4 is 11.3 Å². The maximum Gasteiger partial charge on any atom is 0.0730 e. The molecular formula is C9H17BrN4S. The predicted octanol–water partition coefficient (Wildman–Crippen LogP) is 1.92. The molecule has 1 aromatic heterocycles. The van der Waals surface area contributed by atoms with Crippen LogP contribution in [-0.2, 0) is 6.54 Å². The van der Waals surface area contributed by atoms with Crippen LogP contribution >= 0.6 is 27.7 Å². The summed E-state index contributed by atoms with van der Waals surface area (Å²) in [6.45, 7) is 3.06. The van der Waals surface area contributed by atoms with Gasteiger partial charge >= 0.3 is 0 Å². The minimum absolute atomic E-state index is 0.142. The molecule has 1 heterocycles. The fourth-order valence-corrected chi connectivity index (χ4v) is 2.64. The molecule has 0 aliphatic rings. The van der Waals surface area contributed by atoms with Crippen LogP contribution in [0.4, 0.5) is 0 Å². The first kappa shape index (κ1) is 13.0. The monoisotopic (exact) mass is 292 g/mol. The quantitative estimate of drug-likeness (QED) is 0.621. The Balaban J connectivity index is 2.92. The molecule has 0 aliphatic heterocycles. The predicted molar refractivity (Wildman–Crippen MR) is 68.7 cm³/mol. The van der Waals surface area contributed by atoms with Gasteiger partial charge in [0, 0.05) is 12.3 Å².